The highest BCUT2D eigenvalue weighted by Gasteiger charge is 2.20. The van der Waals surface area contributed by atoms with Gasteiger partial charge in [-0.05, 0) is 36.8 Å². The summed E-state index contributed by atoms with van der Waals surface area (Å²) >= 11 is 0. The van der Waals surface area contributed by atoms with Crippen LogP contribution in [-0.4, -0.2) is 4.98 Å². The summed E-state index contributed by atoms with van der Waals surface area (Å²) < 4.78 is 0. The fraction of sp³-hybridized carbons (Fsp3) is 0.444. The summed E-state index contributed by atoms with van der Waals surface area (Å²) in [5, 5.41) is 0. The molecule has 0 aliphatic heterocycles. The summed E-state index contributed by atoms with van der Waals surface area (Å²) in [5.41, 5.74) is 1.39. The van der Waals surface area contributed by atoms with Crippen LogP contribution in [0.25, 0.3) is 0 Å². The summed E-state index contributed by atoms with van der Waals surface area (Å²) in [5.74, 6) is 0.976. The van der Waals surface area contributed by atoms with Crippen molar-refractivity contribution < 1.29 is 0 Å². The average molecular weight is 133 g/mol. The molecule has 52 valence electrons. The van der Waals surface area contributed by atoms with Crippen LogP contribution >= 0.6 is 0 Å². The van der Waals surface area contributed by atoms with Crippen molar-refractivity contribution in [3.63, 3.8) is 0 Å². The SMILES string of the molecule is c1cncc(CC2CC2)c1. The zero-order valence-electron chi connectivity index (χ0n) is 5.96. The van der Waals surface area contributed by atoms with Gasteiger partial charge in [0.1, 0.15) is 0 Å². The number of hydrogen-bond acceptors (Lipinski definition) is 1. The first-order valence-electron chi connectivity index (χ1n) is 3.84. The molecule has 0 saturated heterocycles. The Hall–Kier alpha value is -0.850. The minimum absolute atomic E-state index is 0.976. The van der Waals surface area contributed by atoms with Gasteiger partial charge in [0, 0.05) is 12.4 Å². The Balaban J connectivity index is 2.03. The third-order valence-electron chi connectivity index (χ3n) is 1.94. The molecule has 0 radical (unpaired) electrons. The second-order valence-corrected chi connectivity index (χ2v) is 3.01. The van der Waals surface area contributed by atoms with Crippen molar-refractivity contribution in [3.8, 4) is 0 Å². The molecule has 1 aliphatic rings. The van der Waals surface area contributed by atoms with Crippen molar-refractivity contribution in [2.24, 2.45) is 5.92 Å². The number of hydrogen-bond donors (Lipinski definition) is 0. The van der Waals surface area contributed by atoms with Crippen LogP contribution in [0.3, 0.4) is 0 Å². The van der Waals surface area contributed by atoms with Gasteiger partial charge in [0.25, 0.3) is 0 Å². The lowest BCUT2D eigenvalue weighted by Gasteiger charge is -1.94. The number of rotatable bonds is 2. The molecule has 2 rings (SSSR count). The van der Waals surface area contributed by atoms with Gasteiger partial charge in [-0.25, -0.2) is 0 Å². The van der Waals surface area contributed by atoms with Crippen LogP contribution in [0.2, 0.25) is 0 Å². The normalized spacial score (nSPS) is 17.2. The molecule has 1 heterocycles. The van der Waals surface area contributed by atoms with E-state index in [1.807, 2.05) is 18.5 Å². The van der Waals surface area contributed by atoms with Gasteiger partial charge in [-0.1, -0.05) is 6.07 Å². The lowest BCUT2D eigenvalue weighted by atomic mass is 10.1. The Morgan fingerprint density at radius 3 is 3.00 bits per heavy atom. The third kappa shape index (κ3) is 1.35. The molecule has 0 atom stereocenters. The number of aromatic nitrogens is 1. The van der Waals surface area contributed by atoms with Crippen molar-refractivity contribution in [3.05, 3.63) is 30.1 Å². The van der Waals surface area contributed by atoms with Gasteiger partial charge in [0.05, 0.1) is 0 Å². The highest BCUT2D eigenvalue weighted by molar-refractivity contribution is 5.10. The molecule has 1 saturated carbocycles. The van der Waals surface area contributed by atoms with Crippen molar-refractivity contribution in [1.29, 1.82) is 0 Å². The van der Waals surface area contributed by atoms with Crippen molar-refractivity contribution in [2.75, 3.05) is 0 Å². The number of nitrogens with zero attached hydrogens (tertiary/aromatic N) is 1. The zero-order chi connectivity index (χ0) is 6.81. The summed E-state index contributed by atoms with van der Waals surface area (Å²) in [7, 11) is 0. The predicted octanol–water partition coefficient (Wildman–Crippen LogP) is 2.03. The topological polar surface area (TPSA) is 12.9 Å². The first-order chi connectivity index (χ1) is 4.95. The lowest BCUT2D eigenvalue weighted by Crippen LogP contribution is -1.86. The molecular formula is C9H11N. The smallest absolute Gasteiger partial charge is 0.0299 e. The molecule has 0 amide bonds. The van der Waals surface area contributed by atoms with E-state index in [0.29, 0.717) is 0 Å². The Kier molecular flexibility index (Phi) is 1.42. The molecule has 0 N–H and O–H groups in total. The van der Waals surface area contributed by atoms with Crippen LogP contribution in [0.5, 0.6) is 0 Å². The van der Waals surface area contributed by atoms with Crippen LogP contribution in [0.4, 0.5) is 0 Å². The van der Waals surface area contributed by atoms with Crippen molar-refractivity contribution in [1.82, 2.24) is 4.98 Å². The van der Waals surface area contributed by atoms with E-state index in [2.05, 4.69) is 11.1 Å². The highest BCUT2D eigenvalue weighted by Crippen LogP contribution is 2.32. The fourth-order valence-corrected chi connectivity index (χ4v) is 1.17. The predicted molar refractivity (Wildman–Crippen MR) is 40.7 cm³/mol. The van der Waals surface area contributed by atoms with E-state index in [0.717, 1.165) is 5.92 Å². The summed E-state index contributed by atoms with van der Waals surface area (Å²) in [4.78, 5) is 4.07. The van der Waals surface area contributed by atoms with Crippen LogP contribution in [-0.2, 0) is 6.42 Å². The second kappa shape index (κ2) is 2.41. The van der Waals surface area contributed by atoms with Crippen LogP contribution in [0.15, 0.2) is 24.5 Å². The molecule has 1 nitrogen and oxygen atoms in total. The minimum Gasteiger partial charge on any atom is -0.264 e. The van der Waals surface area contributed by atoms with Gasteiger partial charge in [0.15, 0.2) is 0 Å². The quantitative estimate of drug-likeness (QED) is 0.601. The van der Waals surface area contributed by atoms with E-state index in [1.165, 1.54) is 24.8 Å². The van der Waals surface area contributed by atoms with Crippen LogP contribution < -0.4 is 0 Å². The van der Waals surface area contributed by atoms with Gasteiger partial charge in [-0.15, -0.1) is 0 Å². The van der Waals surface area contributed by atoms with E-state index in [-0.39, 0.29) is 0 Å². The fourth-order valence-electron chi connectivity index (χ4n) is 1.17. The molecule has 1 fully saturated rings. The third-order valence-corrected chi connectivity index (χ3v) is 1.94. The Bertz CT molecular complexity index is 201. The van der Waals surface area contributed by atoms with Crippen LogP contribution in [0.1, 0.15) is 18.4 Å². The molecule has 0 aromatic carbocycles. The average Bonchev–Trinajstić information content (AvgIpc) is 2.74. The van der Waals surface area contributed by atoms with Gasteiger partial charge < -0.3 is 0 Å². The molecule has 10 heavy (non-hydrogen) atoms. The van der Waals surface area contributed by atoms with Gasteiger partial charge in [0.2, 0.25) is 0 Å². The van der Waals surface area contributed by atoms with E-state index in [4.69, 9.17) is 0 Å². The van der Waals surface area contributed by atoms with E-state index in [1.54, 1.807) is 0 Å². The maximum atomic E-state index is 4.07. The number of pyridine rings is 1. The van der Waals surface area contributed by atoms with E-state index < -0.39 is 0 Å². The molecule has 0 bridgehead atoms. The summed E-state index contributed by atoms with van der Waals surface area (Å²) in [6.07, 6.45) is 7.90. The van der Waals surface area contributed by atoms with Gasteiger partial charge in [-0.3, -0.25) is 4.98 Å². The molecule has 1 heteroatoms. The highest BCUT2D eigenvalue weighted by atomic mass is 14.6. The van der Waals surface area contributed by atoms with Crippen molar-refractivity contribution in [2.45, 2.75) is 19.3 Å². The molecular weight excluding hydrogens is 122 g/mol. The van der Waals surface area contributed by atoms with Crippen molar-refractivity contribution >= 4 is 0 Å². The maximum Gasteiger partial charge on any atom is 0.0299 e. The minimum atomic E-state index is 0.976. The molecule has 1 aromatic rings. The first-order valence-corrected chi connectivity index (χ1v) is 3.84. The Labute approximate surface area is 61.1 Å². The molecule has 0 spiro atoms. The molecule has 1 aromatic heterocycles. The second-order valence-electron chi connectivity index (χ2n) is 3.01. The zero-order valence-corrected chi connectivity index (χ0v) is 5.96. The maximum absolute atomic E-state index is 4.07. The first kappa shape index (κ1) is 5.90. The molecule has 0 unspecified atom stereocenters. The monoisotopic (exact) mass is 133 g/mol. The van der Waals surface area contributed by atoms with Gasteiger partial charge >= 0.3 is 0 Å². The largest absolute Gasteiger partial charge is 0.264 e. The summed E-state index contributed by atoms with van der Waals surface area (Å²) in [6, 6.07) is 4.17. The van der Waals surface area contributed by atoms with Crippen LogP contribution in [0, 0.1) is 5.92 Å². The van der Waals surface area contributed by atoms with E-state index >= 15 is 0 Å². The Morgan fingerprint density at radius 1 is 1.50 bits per heavy atom. The molecule has 1 aliphatic carbocycles. The van der Waals surface area contributed by atoms with Gasteiger partial charge in [-0.2, -0.15) is 0 Å². The Morgan fingerprint density at radius 2 is 2.40 bits per heavy atom. The lowest BCUT2D eigenvalue weighted by molar-refractivity contribution is 0.827. The van der Waals surface area contributed by atoms with E-state index in [9.17, 15) is 0 Å². The summed E-state index contributed by atoms with van der Waals surface area (Å²) in [6.45, 7) is 0. The standard InChI is InChI=1S/C9H11N/c1-2-9(7-10-5-1)6-8-3-4-8/h1-2,5,7-8H,3-4,6H2.